The highest BCUT2D eigenvalue weighted by Gasteiger charge is 2.14. The third-order valence-electron chi connectivity index (χ3n) is 2.43. The van der Waals surface area contributed by atoms with Crippen LogP contribution in [-0.2, 0) is 17.1 Å². The Morgan fingerprint density at radius 3 is 2.55 bits per heavy atom. The topological polar surface area (TPSA) is 84.2 Å². The highest BCUT2D eigenvalue weighted by molar-refractivity contribution is 7.92. The number of aliphatic hydroxyl groups is 1. The second-order valence-electron chi connectivity index (χ2n) is 3.96. The van der Waals surface area contributed by atoms with Gasteiger partial charge >= 0.3 is 0 Å². The van der Waals surface area contributed by atoms with Crippen molar-refractivity contribution in [1.82, 2.24) is 9.78 Å². The zero-order valence-electron chi connectivity index (χ0n) is 10.7. The van der Waals surface area contributed by atoms with Crippen LogP contribution in [0.15, 0.2) is 41.4 Å². The molecule has 0 fully saturated rings. The molecule has 7 heteroatoms. The molecule has 0 radical (unpaired) electrons. The molecule has 0 saturated heterocycles. The molecule has 1 heterocycles. The number of nitrogens with one attached hydrogen (secondary N) is 1. The Bertz CT molecular complexity index is 752. The standard InChI is InChI=1S/C13H13N3O3S/c1-16-9-8-13(14-16)15-20(18,19)12-6-4-11(5-7-12)3-2-10-17/h4-9,17H,10H2,1H3,(H,14,15). The average molecular weight is 291 g/mol. The summed E-state index contributed by atoms with van der Waals surface area (Å²) in [5, 5.41) is 12.5. The van der Waals surface area contributed by atoms with Gasteiger partial charge in [0.05, 0.1) is 4.90 Å². The fourth-order valence-electron chi connectivity index (χ4n) is 1.53. The number of aliphatic hydroxyl groups excluding tert-OH is 1. The van der Waals surface area contributed by atoms with Crippen LogP contribution in [0.25, 0.3) is 0 Å². The van der Waals surface area contributed by atoms with Crippen molar-refractivity contribution in [2.75, 3.05) is 11.3 Å². The summed E-state index contributed by atoms with van der Waals surface area (Å²) in [6, 6.07) is 7.63. The quantitative estimate of drug-likeness (QED) is 0.810. The lowest BCUT2D eigenvalue weighted by atomic mass is 10.2. The van der Waals surface area contributed by atoms with E-state index in [1.807, 2.05) is 0 Å². The molecule has 0 saturated carbocycles. The van der Waals surface area contributed by atoms with Gasteiger partial charge in [0.2, 0.25) is 0 Å². The van der Waals surface area contributed by atoms with Gasteiger partial charge in [0, 0.05) is 24.9 Å². The monoisotopic (exact) mass is 291 g/mol. The summed E-state index contributed by atoms with van der Waals surface area (Å²) in [5.74, 6) is 5.45. The van der Waals surface area contributed by atoms with Crippen molar-refractivity contribution in [3.63, 3.8) is 0 Å². The fraction of sp³-hybridized carbons (Fsp3) is 0.154. The van der Waals surface area contributed by atoms with Crippen LogP contribution >= 0.6 is 0 Å². The molecular weight excluding hydrogens is 278 g/mol. The van der Waals surface area contributed by atoms with E-state index in [-0.39, 0.29) is 17.3 Å². The van der Waals surface area contributed by atoms with E-state index in [0.29, 0.717) is 5.56 Å². The Balaban J connectivity index is 2.21. The molecule has 2 rings (SSSR count). The molecule has 0 aliphatic carbocycles. The van der Waals surface area contributed by atoms with Gasteiger partial charge in [-0.2, -0.15) is 5.10 Å². The Labute approximate surface area is 117 Å². The van der Waals surface area contributed by atoms with Gasteiger partial charge in [-0.25, -0.2) is 8.42 Å². The highest BCUT2D eigenvalue weighted by atomic mass is 32.2. The zero-order chi connectivity index (χ0) is 14.6. The predicted octanol–water partition coefficient (Wildman–Crippen LogP) is 0.565. The number of rotatable bonds is 3. The molecule has 2 N–H and O–H groups in total. The minimum absolute atomic E-state index is 0.123. The van der Waals surface area contributed by atoms with Crippen LogP contribution in [-0.4, -0.2) is 29.9 Å². The van der Waals surface area contributed by atoms with E-state index in [1.165, 1.54) is 16.8 Å². The van der Waals surface area contributed by atoms with E-state index < -0.39 is 10.0 Å². The summed E-state index contributed by atoms with van der Waals surface area (Å²) in [6.07, 6.45) is 1.64. The molecule has 0 bridgehead atoms. The van der Waals surface area contributed by atoms with Gasteiger partial charge in [0.15, 0.2) is 5.82 Å². The SMILES string of the molecule is Cn1ccc(NS(=O)(=O)c2ccc(C#CCO)cc2)n1. The van der Waals surface area contributed by atoms with E-state index >= 15 is 0 Å². The van der Waals surface area contributed by atoms with Crippen molar-refractivity contribution in [2.24, 2.45) is 7.05 Å². The van der Waals surface area contributed by atoms with Crippen molar-refractivity contribution >= 4 is 15.8 Å². The van der Waals surface area contributed by atoms with Crippen LogP contribution in [0.4, 0.5) is 5.82 Å². The molecule has 1 aromatic carbocycles. The van der Waals surface area contributed by atoms with Crippen LogP contribution in [0, 0.1) is 11.8 Å². The second kappa shape index (κ2) is 5.77. The van der Waals surface area contributed by atoms with E-state index in [2.05, 4.69) is 21.7 Å². The van der Waals surface area contributed by atoms with Gasteiger partial charge in [-0.15, -0.1) is 0 Å². The summed E-state index contributed by atoms with van der Waals surface area (Å²) in [5.41, 5.74) is 0.635. The molecule has 6 nitrogen and oxygen atoms in total. The van der Waals surface area contributed by atoms with Crippen molar-refractivity contribution < 1.29 is 13.5 Å². The number of hydrogen-bond acceptors (Lipinski definition) is 4. The summed E-state index contributed by atoms with van der Waals surface area (Å²) in [6.45, 7) is -0.235. The number of anilines is 1. The molecule has 0 aliphatic heterocycles. The summed E-state index contributed by atoms with van der Waals surface area (Å²) in [4.78, 5) is 0.123. The fourth-order valence-corrected chi connectivity index (χ4v) is 2.52. The van der Waals surface area contributed by atoms with Crippen LogP contribution in [0.3, 0.4) is 0 Å². The Morgan fingerprint density at radius 1 is 1.30 bits per heavy atom. The number of sulfonamides is 1. The minimum atomic E-state index is -3.66. The lowest BCUT2D eigenvalue weighted by Gasteiger charge is -2.05. The highest BCUT2D eigenvalue weighted by Crippen LogP contribution is 2.14. The van der Waals surface area contributed by atoms with E-state index in [9.17, 15) is 8.42 Å². The van der Waals surface area contributed by atoms with Crippen molar-refractivity contribution in [3.8, 4) is 11.8 Å². The smallest absolute Gasteiger partial charge is 0.263 e. The third kappa shape index (κ3) is 3.38. The molecule has 1 aromatic heterocycles. The second-order valence-corrected chi connectivity index (χ2v) is 5.65. The van der Waals surface area contributed by atoms with Gasteiger partial charge in [-0.1, -0.05) is 11.8 Å². The van der Waals surface area contributed by atoms with E-state index in [0.717, 1.165) is 0 Å². The zero-order valence-corrected chi connectivity index (χ0v) is 11.6. The summed E-state index contributed by atoms with van der Waals surface area (Å²) in [7, 11) is -1.96. The normalized spacial score (nSPS) is 10.7. The van der Waals surface area contributed by atoms with E-state index in [1.54, 1.807) is 31.4 Å². The first-order valence-electron chi connectivity index (χ1n) is 5.73. The molecule has 2 aromatic rings. The average Bonchev–Trinajstić information content (AvgIpc) is 2.81. The molecule has 0 atom stereocenters. The molecule has 0 spiro atoms. The van der Waals surface area contributed by atoms with Gasteiger partial charge in [0.1, 0.15) is 6.61 Å². The van der Waals surface area contributed by atoms with Crippen LogP contribution in [0.1, 0.15) is 5.56 Å². The summed E-state index contributed by atoms with van der Waals surface area (Å²) >= 11 is 0. The maximum atomic E-state index is 12.1. The number of nitrogens with zero attached hydrogens (tertiary/aromatic N) is 2. The van der Waals surface area contributed by atoms with Crippen LogP contribution in [0.2, 0.25) is 0 Å². The molecule has 0 unspecified atom stereocenters. The number of aromatic nitrogens is 2. The maximum absolute atomic E-state index is 12.1. The Hall–Kier alpha value is -2.30. The number of hydrogen-bond donors (Lipinski definition) is 2. The molecular formula is C13H13N3O3S. The third-order valence-corrected chi connectivity index (χ3v) is 3.80. The molecule has 104 valence electrons. The predicted molar refractivity (Wildman–Crippen MR) is 74.4 cm³/mol. The van der Waals surface area contributed by atoms with Gasteiger partial charge in [-0.3, -0.25) is 9.40 Å². The molecule has 20 heavy (non-hydrogen) atoms. The number of aryl methyl sites for hydroxylation is 1. The van der Waals surface area contributed by atoms with Crippen LogP contribution in [0.5, 0.6) is 0 Å². The lowest BCUT2D eigenvalue weighted by Crippen LogP contribution is -2.13. The van der Waals surface area contributed by atoms with Gasteiger partial charge in [-0.05, 0) is 24.3 Å². The lowest BCUT2D eigenvalue weighted by molar-refractivity contribution is 0.350. The van der Waals surface area contributed by atoms with Crippen molar-refractivity contribution in [2.45, 2.75) is 4.90 Å². The Morgan fingerprint density at radius 2 is 2.00 bits per heavy atom. The van der Waals surface area contributed by atoms with Crippen molar-refractivity contribution in [3.05, 3.63) is 42.1 Å². The van der Waals surface area contributed by atoms with Crippen molar-refractivity contribution in [1.29, 1.82) is 0 Å². The minimum Gasteiger partial charge on any atom is -0.384 e. The molecule has 0 aliphatic rings. The summed E-state index contributed by atoms with van der Waals surface area (Å²) < 4.78 is 28.1. The largest absolute Gasteiger partial charge is 0.384 e. The first kappa shape index (κ1) is 14.1. The first-order chi connectivity index (χ1) is 9.51. The van der Waals surface area contributed by atoms with Gasteiger partial charge < -0.3 is 5.11 Å². The number of benzene rings is 1. The maximum Gasteiger partial charge on any atom is 0.263 e. The first-order valence-corrected chi connectivity index (χ1v) is 7.22. The van der Waals surface area contributed by atoms with E-state index in [4.69, 9.17) is 5.11 Å². The Kier molecular flexibility index (Phi) is 4.08. The van der Waals surface area contributed by atoms with Crippen LogP contribution < -0.4 is 4.72 Å². The van der Waals surface area contributed by atoms with Gasteiger partial charge in [0.25, 0.3) is 10.0 Å². The molecule has 0 amide bonds.